The normalized spacial score (nSPS) is 21.0. The van der Waals surface area contributed by atoms with Crippen LogP contribution in [0.4, 0.5) is 0 Å². The van der Waals surface area contributed by atoms with Crippen LogP contribution >= 0.6 is 0 Å². The van der Waals surface area contributed by atoms with Crippen LogP contribution in [0.2, 0.25) is 0 Å². The van der Waals surface area contributed by atoms with E-state index < -0.39 is 0 Å². The van der Waals surface area contributed by atoms with Gasteiger partial charge in [-0.15, -0.1) is 0 Å². The molecule has 1 rings (SSSR count). The van der Waals surface area contributed by atoms with Crippen molar-refractivity contribution in [3.05, 3.63) is 0 Å². The Morgan fingerprint density at radius 1 is 1.07 bits per heavy atom. The lowest BCUT2D eigenvalue weighted by Crippen LogP contribution is -2.33. The van der Waals surface area contributed by atoms with Crippen molar-refractivity contribution < 1.29 is 0 Å². The van der Waals surface area contributed by atoms with Crippen LogP contribution < -0.4 is 0 Å². The van der Waals surface area contributed by atoms with E-state index in [9.17, 15) is 0 Å². The molecule has 0 atom stereocenters. The highest BCUT2D eigenvalue weighted by atomic mass is 15.4. The van der Waals surface area contributed by atoms with Crippen molar-refractivity contribution >= 4 is 0 Å². The van der Waals surface area contributed by atoms with Crippen LogP contribution in [0.1, 0.15) is 34.6 Å². The van der Waals surface area contributed by atoms with E-state index >= 15 is 0 Å². The third kappa shape index (κ3) is 4.43. The van der Waals surface area contributed by atoms with Crippen LogP contribution in [0, 0.1) is 11.3 Å². The SMILES string of the molecule is CC(C)CN1CCN(CC(C)(C)C)C1. The summed E-state index contributed by atoms with van der Waals surface area (Å²) >= 11 is 0. The summed E-state index contributed by atoms with van der Waals surface area (Å²) < 4.78 is 0. The van der Waals surface area contributed by atoms with Gasteiger partial charge in [-0.3, -0.25) is 9.80 Å². The Labute approximate surface area is 89.3 Å². The van der Waals surface area contributed by atoms with Crippen LogP contribution in [-0.4, -0.2) is 42.6 Å². The van der Waals surface area contributed by atoms with Gasteiger partial charge < -0.3 is 0 Å². The fourth-order valence-corrected chi connectivity index (χ4v) is 2.17. The highest BCUT2D eigenvalue weighted by Gasteiger charge is 2.23. The summed E-state index contributed by atoms with van der Waals surface area (Å²) in [5.74, 6) is 0.796. The van der Waals surface area contributed by atoms with E-state index in [1.54, 1.807) is 0 Å². The predicted molar refractivity (Wildman–Crippen MR) is 62.3 cm³/mol. The first-order valence-corrected chi connectivity index (χ1v) is 5.81. The van der Waals surface area contributed by atoms with Gasteiger partial charge >= 0.3 is 0 Å². The zero-order valence-corrected chi connectivity index (χ0v) is 10.5. The monoisotopic (exact) mass is 198 g/mol. The van der Waals surface area contributed by atoms with Gasteiger partial charge in [-0.25, -0.2) is 0 Å². The molecule has 0 aromatic rings. The molecule has 0 amide bonds. The lowest BCUT2D eigenvalue weighted by atomic mass is 9.96. The number of rotatable bonds is 3. The largest absolute Gasteiger partial charge is 0.289 e. The van der Waals surface area contributed by atoms with E-state index in [0.717, 1.165) is 5.92 Å². The molecule has 0 spiro atoms. The minimum absolute atomic E-state index is 0.438. The molecule has 14 heavy (non-hydrogen) atoms. The average Bonchev–Trinajstić information content (AvgIpc) is 2.30. The summed E-state index contributed by atoms with van der Waals surface area (Å²) in [7, 11) is 0. The molecular formula is C12H26N2. The highest BCUT2D eigenvalue weighted by Crippen LogP contribution is 2.18. The number of hydrogen-bond donors (Lipinski definition) is 0. The molecule has 1 fully saturated rings. The van der Waals surface area contributed by atoms with Crippen LogP contribution in [-0.2, 0) is 0 Å². The molecule has 1 saturated heterocycles. The molecule has 0 aliphatic carbocycles. The fourth-order valence-electron chi connectivity index (χ4n) is 2.17. The molecule has 84 valence electrons. The van der Waals surface area contributed by atoms with Crippen molar-refractivity contribution in [2.75, 3.05) is 32.8 Å². The van der Waals surface area contributed by atoms with Gasteiger partial charge in [-0.2, -0.15) is 0 Å². The first kappa shape index (κ1) is 12.0. The molecule has 0 saturated carbocycles. The lowest BCUT2D eigenvalue weighted by molar-refractivity contribution is 0.181. The third-order valence-corrected chi connectivity index (χ3v) is 2.45. The van der Waals surface area contributed by atoms with E-state index in [-0.39, 0.29) is 0 Å². The molecule has 0 radical (unpaired) electrons. The van der Waals surface area contributed by atoms with Gasteiger partial charge in [0.15, 0.2) is 0 Å². The van der Waals surface area contributed by atoms with Gasteiger partial charge in [0, 0.05) is 26.2 Å². The fraction of sp³-hybridized carbons (Fsp3) is 1.00. The van der Waals surface area contributed by atoms with Gasteiger partial charge in [-0.05, 0) is 11.3 Å². The van der Waals surface area contributed by atoms with Gasteiger partial charge in [0.25, 0.3) is 0 Å². The number of nitrogens with zero attached hydrogens (tertiary/aromatic N) is 2. The lowest BCUT2D eigenvalue weighted by Gasteiger charge is -2.26. The summed E-state index contributed by atoms with van der Waals surface area (Å²) in [4.78, 5) is 5.14. The van der Waals surface area contributed by atoms with Crippen molar-refractivity contribution in [1.82, 2.24) is 9.80 Å². The minimum Gasteiger partial charge on any atom is -0.289 e. The molecule has 1 aliphatic heterocycles. The number of hydrogen-bond acceptors (Lipinski definition) is 2. The van der Waals surface area contributed by atoms with E-state index in [4.69, 9.17) is 0 Å². The molecular weight excluding hydrogens is 172 g/mol. The molecule has 1 heterocycles. The topological polar surface area (TPSA) is 6.48 Å². The molecule has 2 heteroatoms. The van der Waals surface area contributed by atoms with Crippen LogP contribution in [0.25, 0.3) is 0 Å². The van der Waals surface area contributed by atoms with Gasteiger partial charge in [0.05, 0.1) is 6.67 Å². The minimum atomic E-state index is 0.438. The molecule has 0 aromatic heterocycles. The maximum absolute atomic E-state index is 2.57. The standard InChI is InChI=1S/C12H26N2/c1-11(2)8-13-6-7-14(10-13)9-12(3,4)5/h11H,6-10H2,1-5H3. The molecule has 2 nitrogen and oxygen atoms in total. The zero-order valence-electron chi connectivity index (χ0n) is 10.5. The zero-order chi connectivity index (χ0) is 10.8. The maximum atomic E-state index is 2.57. The Morgan fingerprint density at radius 2 is 1.64 bits per heavy atom. The Kier molecular flexibility index (Phi) is 3.96. The first-order chi connectivity index (χ1) is 6.37. The summed E-state index contributed by atoms with van der Waals surface area (Å²) in [6.45, 7) is 17.7. The maximum Gasteiger partial charge on any atom is 0.0507 e. The van der Waals surface area contributed by atoms with Gasteiger partial charge in [0.1, 0.15) is 0 Å². The third-order valence-electron chi connectivity index (χ3n) is 2.45. The second kappa shape index (κ2) is 4.63. The van der Waals surface area contributed by atoms with E-state index in [1.165, 1.54) is 32.8 Å². The highest BCUT2D eigenvalue weighted by molar-refractivity contribution is 4.76. The Hall–Kier alpha value is -0.0800. The second-order valence-corrected chi connectivity index (χ2v) is 6.23. The van der Waals surface area contributed by atoms with Crippen molar-refractivity contribution in [2.24, 2.45) is 11.3 Å². The van der Waals surface area contributed by atoms with Crippen molar-refractivity contribution in [3.8, 4) is 0 Å². The summed E-state index contributed by atoms with van der Waals surface area (Å²) in [5.41, 5.74) is 0.438. The van der Waals surface area contributed by atoms with Crippen molar-refractivity contribution in [1.29, 1.82) is 0 Å². The molecule has 0 N–H and O–H groups in total. The summed E-state index contributed by atoms with van der Waals surface area (Å²) in [5, 5.41) is 0. The van der Waals surface area contributed by atoms with Crippen LogP contribution in [0.15, 0.2) is 0 Å². The van der Waals surface area contributed by atoms with Gasteiger partial charge in [-0.1, -0.05) is 34.6 Å². The summed E-state index contributed by atoms with van der Waals surface area (Å²) in [6, 6.07) is 0. The predicted octanol–water partition coefficient (Wildman–Crippen LogP) is 2.26. The molecule has 1 aliphatic rings. The second-order valence-electron chi connectivity index (χ2n) is 6.23. The first-order valence-electron chi connectivity index (χ1n) is 5.81. The Bertz CT molecular complexity index is 170. The van der Waals surface area contributed by atoms with Crippen LogP contribution in [0.5, 0.6) is 0 Å². The van der Waals surface area contributed by atoms with Crippen molar-refractivity contribution in [2.45, 2.75) is 34.6 Å². The van der Waals surface area contributed by atoms with E-state index in [1.807, 2.05) is 0 Å². The van der Waals surface area contributed by atoms with Gasteiger partial charge in [0.2, 0.25) is 0 Å². The Morgan fingerprint density at radius 3 is 2.14 bits per heavy atom. The Balaban J connectivity index is 2.27. The van der Waals surface area contributed by atoms with E-state index in [2.05, 4.69) is 44.4 Å². The van der Waals surface area contributed by atoms with Crippen LogP contribution in [0.3, 0.4) is 0 Å². The smallest absolute Gasteiger partial charge is 0.0507 e. The quantitative estimate of drug-likeness (QED) is 0.686. The summed E-state index contributed by atoms with van der Waals surface area (Å²) in [6.07, 6.45) is 0. The molecule has 0 aromatic carbocycles. The molecule has 0 bridgehead atoms. The average molecular weight is 198 g/mol. The van der Waals surface area contributed by atoms with Crippen molar-refractivity contribution in [3.63, 3.8) is 0 Å². The van der Waals surface area contributed by atoms with E-state index in [0.29, 0.717) is 5.41 Å². The molecule has 0 unspecified atom stereocenters.